The molecule has 0 spiro atoms. The van der Waals surface area contributed by atoms with Gasteiger partial charge in [0.15, 0.2) is 0 Å². The average Bonchev–Trinajstić information content (AvgIpc) is 2.08. The maximum Gasteiger partial charge on any atom is 0.147 e. The first-order valence-corrected chi connectivity index (χ1v) is 4.85. The first-order chi connectivity index (χ1) is 6.04. The van der Waals surface area contributed by atoms with Crippen LogP contribution in [0.25, 0.3) is 0 Å². The Morgan fingerprint density at radius 3 is 2.69 bits per heavy atom. The second-order valence-electron chi connectivity index (χ2n) is 2.95. The second-order valence-corrected chi connectivity index (χ2v) is 3.87. The van der Waals surface area contributed by atoms with Crippen molar-refractivity contribution in [2.75, 3.05) is 0 Å². The topological polar surface area (TPSA) is 17.1 Å². The molecule has 0 aromatic heterocycles. The van der Waals surface area contributed by atoms with Gasteiger partial charge in [0.2, 0.25) is 0 Å². The van der Waals surface area contributed by atoms with E-state index in [1.165, 1.54) is 6.92 Å². The lowest BCUT2D eigenvalue weighted by Gasteiger charge is -2.08. The fraction of sp³-hybridized carbons (Fsp3) is 0.300. The van der Waals surface area contributed by atoms with Crippen molar-refractivity contribution in [2.45, 2.75) is 18.7 Å². The van der Waals surface area contributed by atoms with Crippen LogP contribution in [-0.4, -0.2) is 5.78 Å². The molecule has 0 fully saturated rings. The summed E-state index contributed by atoms with van der Waals surface area (Å²) in [6.45, 7) is 3.11. The number of benzene rings is 1. The first kappa shape index (κ1) is 10.4. The van der Waals surface area contributed by atoms with Crippen LogP contribution in [0.2, 0.25) is 0 Å². The van der Waals surface area contributed by atoms with Gasteiger partial charge >= 0.3 is 0 Å². The number of hydrogen-bond acceptors (Lipinski definition) is 1. The molecular formula is C10H10BrFO. The van der Waals surface area contributed by atoms with Gasteiger partial charge in [0.1, 0.15) is 16.4 Å². The van der Waals surface area contributed by atoms with Crippen molar-refractivity contribution in [3.05, 3.63) is 35.1 Å². The highest BCUT2D eigenvalue weighted by molar-refractivity contribution is 9.09. The summed E-state index contributed by atoms with van der Waals surface area (Å²) in [6.07, 6.45) is 0. The highest BCUT2D eigenvalue weighted by Crippen LogP contribution is 2.27. The van der Waals surface area contributed by atoms with Crippen molar-refractivity contribution in [1.82, 2.24) is 0 Å². The number of Topliss-reactive ketones (excluding diaryl/α,β-unsaturated/α-hetero) is 1. The smallest absolute Gasteiger partial charge is 0.147 e. The van der Waals surface area contributed by atoms with Crippen LogP contribution in [0.4, 0.5) is 4.39 Å². The summed E-state index contributed by atoms with van der Waals surface area (Å²) in [5, 5.41) is 0. The van der Waals surface area contributed by atoms with E-state index in [2.05, 4.69) is 15.9 Å². The van der Waals surface area contributed by atoms with E-state index in [4.69, 9.17) is 0 Å². The van der Waals surface area contributed by atoms with Crippen LogP contribution < -0.4 is 0 Å². The van der Waals surface area contributed by atoms with E-state index in [0.717, 1.165) is 0 Å². The Balaban J connectivity index is 3.15. The molecule has 0 amide bonds. The highest BCUT2D eigenvalue weighted by atomic mass is 79.9. The lowest BCUT2D eigenvalue weighted by Crippen LogP contribution is -2.04. The van der Waals surface area contributed by atoms with E-state index >= 15 is 0 Å². The van der Waals surface area contributed by atoms with Crippen LogP contribution in [0.3, 0.4) is 0 Å². The van der Waals surface area contributed by atoms with Crippen LogP contribution in [0.1, 0.15) is 22.9 Å². The molecule has 0 N–H and O–H groups in total. The van der Waals surface area contributed by atoms with E-state index in [1.807, 2.05) is 0 Å². The summed E-state index contributed by atoms with van der Waals surface area (Å²) in [6, 6.07) is 5.03. The molecule has 1 aromatic rings. The Labute approximate surface area is 85.1 Å². The number of ketones is 1. The lowest BCUT2D eigenvalue weighted by molar-refractivity contribution is -0.116. The largest absolute Gasteiger partial charge is 0.298 e. The van der Waals surface area contributed by atoms with E-state index in [9.17, 15) is 9.18 Å². The van der Waals surface area contributed by atoms with E-state index < -0.39 is 4.83 Å². The normalized spacial score (nSPS) is 12.6. The van der Waals surface area contributed by atoms with E-state index in [1.54, 1.807) is 25.1 Å². The monoisotopic (exact) mass is 244 g/mol. The Morgan fingerprint density at radius 2 is 2.15 bits per heavy atom. The Kier molecular flexibility index (Phi) is 3.20. The van der Waals surface area contributed by atoms with Gasteiger partial charge < -0.3 is 0 Å². The second kappa shape index (κ2) is 4.01. The molecule has 1 aromatic carbocycles. The molecule has 3 heteroatoms. The number of hydrogen-bond donors (Lipinski definition) is 0. The van der Waals surface area contributed by atoms with E-state index in [-0.39, 0.29) is 11.6 Å². The van der Waals surface area contributed by atoms with Crippen LogP contribution in [0.5, 0.6) is 0 Å². The summed E-state index contributed by atoms with van der Waals surface area (Å²) in [5.41, 5.74) is 0.968. The predicted octanol–water partition coefficient (Wildman–Crippen LogP) is 3.16. The minimum Gasteiger partial charge on any atom is -0.298 e. The molecule has 0 saturated carbocycles. The predicted molar refractivity (Wildman–Crippen MR) is 53.5 cm³/mol. The Morgan fingerprint density at radius 1 is 1.54 bits per heavy atom. The molecule has 1 rings (SSSR count). The minimum atomic E-state index is -0.535. The first-order valence-electron chi connectivity index (χ1n) is 3.93. The lowest BCUT2D eigenvalue weighted by atomic mass is 10.1. The number of aryl methyl sites for hydroxylation is 1. The molecule has 0 heterocycles. The Hall–Kier alpha value is -0.700. The maximum atomic E-state index is 13.4. The zero-order valence-corrected chi connectivity index (χ0v) is 9.06. The maximum absolute atomic E-state index is 13.4. The quantitative estimate of drug-likeness (QED) is 0.731. The number of carbonyl (C=O) groups is 1. The third-order valence-electron chi connectivity index (χ3n) is 1.85. The summed E-state index contributed by atoms with van der Waals surface area (Å²) in [4.78, 5) is 10.5. The Bertz CT molecular complexity index is 336. The van der Waals surface area contributed by atoms with Gasteiger partial charge in [0.05, 0.1) is 0 Å². The van der Waals surface area contributed by atoms with Crippen molar-refractivity contribution >= 4 is 21.7 Å². The van der Waals surface area contributed by atoms with Crippen molar-refractivity contribution in [3.63, 3.8) is 0 Å². The van der Waals surface area contributed by atoms with Gasteiger partial charge in [-0.2, -0.15) is 0 Å². The summed E-state index contributed by atoms with van der Waals surface area (Å²) in [5.74, 6) is -0.399. The molecule has 13 heavy (non-hydrogen) atoms. The molecule has 0 aliphatic carbocycles. The third kappa shape index (κ3) is 2.15. The molecule has 1 nitrogen and oxygen atoms in total. The van der Waals surface area contributed by atoms with Gasteiger partial charge in [-0.05, 0) is 19.4 Å². The average molecular weight is 245 g/mol. The van der Waals surface area contributed by atoms with Crippen LogP contribution in [-0.2, 0) is 4.79 Å². The zero-order chi connectivity index (χ0) is 10.0. The van der Waals surface area contributed by atoms with Gasteiger partial charge in [-0.3, -0.25) is 4.79 Å². The number of carbonyl (C=O) groups excluding carboxylic acids is 1. The van der Waals surface area contributed by atoms with Gasteiger partial charge in [0, 0.05) is 5.56 Å². The van der Waals surface area contributed by atoms with Gasteiger partial charge in [-0.15, -0.1) is 0 Å². The molecule has 1 unspecified atom stereocenters. The van der Waals surface area contributed by atoms with Crippen molar-refractivity contribution in [1.29, 1.82) is 0 Å². The van der Waals surface area contributed by atoms with Gasteiger partial charge in [-0.1, -0.05) is 34.1 Å². The van der Waals surface area contributed by atoms with Gasteiger partial charge in [0.25, 0.3) is 0 Å². The molecule has 0 radical (unpaired) electrons. The molecule has 0 aliphatic heterocycles. The van der Waals surface area contributed by atoms with Gasteiger partial charge in [-0.25, -0.2) is 4.39 Å². The molecule has 0 saturated heterocycles. The summed E-state index contributed by atoms with van der Waals surface area (Å²) in [7, 11) is 0. The minimum absolute atomic E-state index is 0.0931. The molecule has 70 valence electrons. The third-order valence-corrected chi connectivity index (χ3v) is 2.99. The fourth-order valence-electron chi connectivity index (χ4n) is 1.08. The number of rotatable bonds is 2. The highest BCUT2D eigenvalue weighted by Gasteiger charge is 2.17. The SMILES string of the molecule is CC(=O)C(Br)c1cccc(C)c1F. The van der Waals surface area contributed by atoms with E-state index in [0.29, 0.717) is 11.1 Å². The van der Waals surface area contributed by atoms with Crippen molar-refractivity contribution in [2.24, 2.45) is 0 Å². The zero-order valence-electron chi connectivity index (χ0n) is 7.47. The summed E-state index contributed by atoms with van der Waals surface area (Å²) < 4.78 is 13.4. The molecule has 1 atom stereocenters. The molecular weight excluding hydrogens is 235 g/mol. The van der Waals surface area contributed by atoms with Crippen LogP contribution in [0.15, 0.2) is 18.2 Å². The van der Waals surface area contributed by atoms with Crippen LogP contribution >= 0.6 is 15.9 Å². The summed E-state index contributed by atoms with van der Waals surface area (Å²) >= 11 is 3.15. The van der Waals surface area contributed by atoms with Crippen LogP contribution in [0, 0.1) is 12.7 Å². The number of halogens is 2. The van der Waals surface area contributed by atoms with Crippen molar-refractivity contribution in [3.8, 4) is 0 Å². The molecule has 0 aliphatic rings. The standard InChI is InChI=1S/C10H10BrFO/c1-6-4-3-5-8(10(6)12)9(11)7(2)13/h3-5,9H,1-2H3. The number of alkyl halides is 1. The molecule has 0 bridgehead atoms. The van der Waals surface area contributed by atoms with Crippen molar-refractivity contribution < 1.29 is 9.18 Å². The fourth-order valence-corrected chi connectivity index (χ4v) is 1.44.